The predicted molar refractivity (Wildman–Crippen MR) is 125 cm³/mol. The second kappa shape index (κ2) is 11.5. The van der Waals surface area contributed by atoms with E-state index in [9.17, 15) is 13.5 Å². The van der Waals surface area contributed by atoms with Crippen molar-refractivity contribution in [2.75, 3.05) is 37.6 Å². The van der Waals surface area contributed by atoms with E-state index in [1.807, 2.05) is 0 Å². The summed E-state index contributed by atoms with van der Waals surface area (Å²) in [5, 5.41) is 11.0. The molecule has 2 rings (SSSR count). The summed E-state index contributed by atoms with van der Waals surface area (Å²) in [5.74, 6) is 1.42. The quantitative estimate of drug-likeness (QED) is 0.522. The van der Waals surface area contributed by atoms with Gasteiger partial charge < -0.3 is 14.7 Å². The van der Waals surface area contributed by atoms with E-state index in [1.165, 1.54) is 16.3 Å². The zero-order chi connectivity index (χ0) is 23.0. The molecule has 6 nitrogen and oxygen atoms in total. The van der Waals surface area contributed by atoms with Gasteiger partial charge in [0, 0.05) is 11.8 Å². The van der Waals surface area contributed by atoms with E-state index in [1.54, 1.807) is 54.6 Å². The maximum absolute atomic E-state index is 13.5. The van der Waals surface area contributed by atoms with E-state index in [0.29, 0.717) is 29.8 Å². The van der Waals surface area contributed by atoms with Crippen LogP contribution in [0.25, 0.3) is 0 Å². The number of hydrogen-bond donors (Lipinski definition) is 2. The first-order valence-electron chi connectivity index (χ1n) is 10.9. The second-order valence-electron chi connectivity index (χ2n) is 8.82. The van der Waals surface area contributed by atoms with Crippen molar-refractivity contribution < 1.29 is 23.2 Å². The number of ether oxygens (including phenoxy) is 1. The van der Waals surface area contributed by atoms with Crippen molar-refractivity contribution in [1.82, 2.24) is 0 Å². The Morgan fingerprint density at radius 2 is 1.45 bits per heavy atom. The number of benzene rings is 2. The fraction of sp³-hybridized carbons (Fsp3) is 0.500. The fourth-order valence-electron chi connectivity index (χ4n) is 3.88. The lowest BCUT2D eigenvalue weighted by Gasteiger charge is -2.30. The molecule has 0 fully saturated rings. The minimum Gasteiger partial charge on any atom is -0.495 e. The number of rotatable bonds is 12. The summed E-state index contributed by atoms with van der Waals surface area (Å²) in [6.45, 7) is 10.9. The summed E-state index contributed by atoms with van der Waals surface area (Å²) in [6, 6.07) is 15.3. The number of aliphatic hydroxyl groups is 1. The maximum atomic E-state index is 13.5. The molecule has 172 valence electrons. The molecule has 2 aromatic rings. The van der Waals surface area contributed by atoms with Crippen LogP contribution in [0.4, 0.5) is 5.69 Å². The molecule has 0 heterocycles. The molecular formula is C24H37N2O4S+. The molecular weight excluding hydrogens is 412 g/mol. The molecule has 0 aliphatic heterocycles. The minimum absolute atomic E-state index is 0.0444. The van der Waals surface area contributed by atoms with Crippen LogP contribution in [-0.4, -0.2) is 52.9 Å². The molecule has 0 unspecified atom stereocenters. The standard InChI is InChI=1S/C24H36N2O4S/c1-19(2)15-25(16-20(3)4)17-21(27)18-26(23-13-9-10-14-24(23)30-5)31(28,29)22-11-7-6-8-12-22/h6-14,19-21,27H,15-18H2,1-5H3/p+1/t21-/m1/s1. The van der Waals surface area contributed by atoms with Crippen molar-refractivity contribution in [2.24, 2.45) is 11.8 Å². The molecule has 31 heavy (non-hydrogen) atoms. The van der Waals surface area contributed by atoms with Crippen LogP contribution in [0, 0.1) is 11.8 Å². The molecule has 0 saturated carbocycles. The molecule has 0 saturated heterocycles. The summed E-state index contributed by atoms with van der Waals surface area (Å²) < 4.78 is 33.8. The van der Waals surface area contributed by atoms with E-state index in [0.717, 1.165) is 13.1 Å². The van der Waals surface area contributed by atoms with E-state index >= 15 is 0 Å². The summed E-state index contributed by atoms with van der Waals surface area (Å²) in [5.41, 5.74) is 0.419. The Morgan fingerprint density at radius 1 is 0.903 bits per heavy atom. The highest BCUT2D eigenvalue weighted by Crippen LogP contribution is 2.32. The van der Waals surface area contributed by atoms with Crippen LogP contribution in [0.1, 0.15) is 27.7 Å². The number of methoxy groups -OCH3 is 1. The molecule has 2 N–H and O–H groups in total. The molecule has 1 atom stereocenters. The maximum Gasteiger partial charge on any atom is 0.264 e. The van der Waals surface area contributed by atoms with Gasteiger partial charge in [0.05, 0.1) is 37.3 Å². The summed E-state index contributed by atoms with van der Waals surface area (Å²) >= 11 is 0. The summed E-state index contributed by atoms with van der Waals surface area (Å²) in [7, 11) is -2.37. The van der Waals surface area contributed by atoms with Crippen LogP contribution in [0.3, 0.4) is 0 Å². The number of nitrogens with one attached hydrogen (secondary N) is 1. The van der Waals surface area contributed by atoms with Crippen molar-refractivity contribution in [1.29, 1.82) is 0 Å². The first-order valence-corrected chi connectivity index (χ1v) is 12.3. The van der Waals surface area contributed by atoms with E-state index in [2.05, 4.69) is 27.7 Å². The summed E-state index contributed by atoms with van der Waals surface area (Å²) in [4.78, 5) is 1.45. The molecule has 0 aromatic heterocycles. The van der Waals surface area contributed by atoms with Gasteiger partial charge in [0.15, 0.2) is 0 Å². The monoisotopic (exact) mass is 449 g/mol. The zero-order valence-electron chi connectivity index (χ0n) is 19.3. The Labute approximate surface area is 187 Å². The lowest BCUT2D eigenvalue weighted by molar-refractivity contribution is -0.909. The van der Waals surface area contributed by atoms with E-state index in [4.69, 9.17) is 4.74 Å². The topological polar surface area (TPSA) is 71.3 Å². The third-order valence-corrected chi connectivity index (χ3v) is 6.77. The van der Waals surface area contributed by atoms with Gasteiger partial charge in [-0.2, -0.15) is 0 Å². The molecule has 0 amide bonds. The number of quaternary nitrogens is 1. The van der Waals surface area contributed by atoms with Crippen LogP contribution >= 0.6 is 0 Å². The number of aliphatic hydroxyl groups excluding tert-OH is 1. The molecule has 0 aliphatic rings. The molecule has 0 spiro atoms. The highest BCUT2D eigenvalue weighted by molar-refractivity contribution is 7.92. The van der Waals surface area contributed by atoms with E-state index < -0.39 is 16.1 Å². The van der Waals surface area contributed by atoms with Crippen molar-refractivity contribution in [3.63, 3.8) is 0 Å². The number of para-hydroxylation sites is 2. The van der Waals surface area contributed by atoms with Crippen molar-refractivity contribution in [2.45, 2.75) is 38.7 Å². The van der Waals surface area contributed by atoms with Gasteiger partial charge in [-0.3, -0.25) is 4.31 Å². The van der Waals surface area contributed by atoms with Gasteiger partial charge in [-0.05, 0) is 24.3 Å². The predicted octanol–water partition coefficient (Wildman–Crippen LogP) is 2.45. The van der Waals surface area contributed by atoms with Crippen LogP contribution < -0.4 is 13.9 Å². The number of nitrogens with zero attached hydrogens (tertiary/aromatic N) is 1. The Bertz CT molecular complexity index is 891. The molecule has 7 heteroatoms. The van der Waals surface area contributed by atoms with Gasteiger partial charge in [-0.15, -0.1) is 0 Å². The van der Waals surface area contributed by atoms with Gasteiger partial charge in [-0.1, -0.05) is 58.0 Å². The number of hydrogen-bond acceptors (Lipinski definition) is 4. The van der Waals surface area contributed by atoms with Crippen molar-refractivity contribution >= 4 is 15.7 Å². The number of anilines is 1. The van der Waals surface area contributed by atoms with E-state index in [-0.39, 0.29) is 11.4 Å². The van der Waals surface area contributed by atoms with Crippen molar-refractivity contribution in [3.05, 3.63) is 54.6 Å². The lowest BCUT2D eigenvalue weighted by atomic mass is 10.1. The Balaban J connectivity index is 2.37. The molecule has 0 radical (unpaired) electrons. The van der Waals surface area contributed by atoms with Crippen LogP contribution in [0.2, 0.25) is 0 Å². The highest BCUT2D eigenvalue weighted by atomic mass is 32.2. The Morgan fingerprint density at radius 3 is 2.00 bits per heavy atom. The average Bonchev–Trinajstić information content (AvgIpc) is 2.71. The largest absolute Gasteiger partial charge is 0.495 e. The summed E-state index contributed by atoms with van der Waals surface area (Å²) in [6.07, 6.45) is -0.823. The third-order valence-electron chi connectivity index (χ3n) is 4.98. The first kappa shape index (κ1) is 25.2. The minimum atomic E-state index is -3.88. The van der Waals surface area contributed by atoms with Gasteiger partial charge in [0.1, 0.15) is 18.4 Å². The average molecular weight is 450 g/mol. The second-order valence-corrected chi connectivity index (χ2v) is 10.7. The lowest BCUT2D eigenvalue weighted by Crippen LogP contribution is -3.14. The van der Waals surface area contributed by atoms with Gasteiger partial charge in [-0.25, -0.2) is 8.42 Å². The Kier molecular flexibility index (Phi) is 9.34. The molecule has 2 aromatic carbocycles. The van der Waals surface area contributed by atoms with Gasteiger partial charge >= 0.3 is 0 Å². The first-order chi connectivity index (χ1) is 14.6. The number of sulfonamides is 1. The van der Waals surface area contributed by atoms with Gasteiger partial charge in [0.2, 0.25) is 0 Å². The normalized spacial score (nSPS) is 13.1. The van der Waals surface area contributed by atoms with Crippen LogP contribution in [-0.2, 0) is 10.0 Å². The van der Waals surface area contributed by atoms with Gasteiger partial charge in [0.25, 0.3) is 10.0 Å². The molecule has 0 aliphatic carbocycles. The smallest absolute Gasteiger partial charge is 0.264 e. The van der Waals surface area contributed by atoms with Crippen LogP contribution in [0.5, 0.6) is 5.75 Å². The fourth-order valence-corrected chi connectivity index (χ4v) is 5.41. The van der Waals surface area contributed by atoms with Crippen molar-refractivity contribution in [3.8, 4) is 5.75 Å². The van der Waals surface area contributed by atoms with Crippen LogP contribution in [0.15, 0.2) is 59.5 Å². The SMILES string of the molecule is COc1ccccc1N(C[C@H](O)C[NH+](CC(C)C)CC(C)C)S(=O)(=O)c1ccccc1. The third kappa shape index (κ3) is 7.23. The zero-order valence-corrected chi connectivity index (χ0v) is 20.1. The molecule has 0 bridgehead atoms. The Hall–Kier alpha value is -2.09. The highest BCUT2D eigenvalue weighted by Gasteiger charge is 2.30.